The van der Waals surface area contributed by atoms with Crippen molar-refractivity contribution in [2.75, 3.05) is 0 Å². The van der Waals surface area contributed by atoms with Gasteiger partial charge in [-0.3, -0.25) is 5.10 Å². The van der Waals surface area contributed by atoms with Crippen molar-refractivity contribution in [1.82, 2.24) is 15.2 Å². The van der Waals surface area contributed by atoms with Crippen LogP contribution in [0, 0.1) is 0 Å². The lowest BCUT2D eigenvalue weighted by molar-refractivity contribution is 0.0695. The first-order valence-corrected chi connectivity index (χ1v) is 4.67. The maximum Gasteiger partial charge on any atom is 0.337 e. The van der Waals surface area contributed by atoms with E-state index in [1.165, 1.54) is 0 Å². The number of aromatic amines is 1. The van der Waals surface area contributed by atoms with Gasteiger partial charge >= 0.3 is 5.97 Å². The molecule has 0 fully saturated rings. The van der Waals surface area contributed by atoms with E-state index in [-0.39, 0.29) is 11.5 Å². The van der Waals surface area contributed by atoms with Crippen molar-refractivity contribution in [3.63, 3.8) is 0 Å². The van der Waals surface area contributed by atoms with Crippen LogP contribution in [-0.2, 0) is 0 Å². The van der Waals surface area contributed by atoms with Crippen molar-refractivity contribution in [1.29, 1.82) is 0 Å². The molecule has 0 spiro atoms. The second kappa shape index (κ2) is 3.34. The molecule has 0 radical (unpaired) electrons. The van der Waals surface area contributed by atoms with Gasteiger partial charge < -0.3 is 5.11 Å². The van der Waals surface area contributed by atoms with Gasteiger partial charge in [0.2, 0.25) is 0 Å². The molecular weight excluding hydrogens is 194 g/mol. The molecule has 0 aliphatic heterocycles. The molecule has 2 N–H and O–H groups in total. The van der Waals surface area contributed by atoms with Crippen LogP contribution in [0.1, 0.15) is 35.8 Å². The molecule has 0 bridgehead atoms. The summed E-state index contributed by atoms with van der Waals surface area (Å²) < 4.78 is 0. The number of hydrogen-bond donors (Lipinski definition) is 2. The SMILES string of the molecule is CC(C)c1nc2[nH]ncc2cc1C(=O)O. The highest BCUT2D eigenvalue weighted by Crippen LogP contribution is 2.21. The molecule has 15 heavy (non-hydrogen) atoms. The van der Waals surface area contributed by atoms with Crippen molar-refractivity contribution in [2.45, 2.75) is 19.8 Å². The van der Waals surface area contributed by atoms with Crippen molar-refractivity contribution in [3.05, 3.63) is 23.5 Å². The van der Waals surface area contributed by atoms with Crippen LogP contribution in [0.25, 0.3) is 11.0 Å². The Balaban J connectivity index is 2.73. The summed E-state index contributed by atoms with van der Waals surface area (Å²) >= 11 is 0. The number of rotatable bonds is 2. The lowest BCUT2D eigenvalue weighted by atomic mass is 10.0. The van der Waals surface area contributed by atoms with E-state index in [9.17, 15) is 4.79 Å². The zero-order chi connectivity index (χ0) is 11.0. The number of fused-ring (bicyclic) bond motifs is 1. The lowest BCUT2D eigenvalue weighted by Gasteiger charge is -2.07. The number of carboxylic acid groups (broad SMARTS) is 1. The standard InChI is InChI=1S/C10H11N3O2/c1-5(2)8-7(10(14)15)3-6-4-11-13-9(6)12-8/h3-5H,1-2H3,(H,14,15)(H,11,12,13). The fraction of sp³-hybridized carbons (Fsp3) is 0.300. The monoisotopic (exact) mass is 205 g/mol. The summed E-state index contributed by atoms with van der Waals surface area (Å²) in [6.07, 6.45) is 1.57. The van der Waals surface area contributed by atoms with E-state index in [4.69, 9.17) is 5.11 Å². The van der Waals surface area contributed by atoms with Gasteiger partial charge in [0.05, 0.1) is 17.5 Å². The minimum Gasteiger partial charge on any atom is -0.478 e. The van der Waals surface area contributed by atoms with Crippen molar-refractivity contribution in [3.8, 4) is 0 Å². The Bertz CT molecular complexity index is 516. The van der Waals surface area contributed by atoms with Crippen LogP contribution < -0.4 is 0 Å². The summed E-state index contributed by atoms with van der Waals surface area (Å²) in [4.78, 5) is 15.3. The van der Waals surface area contributed by atoms with Crippen LogP contribution in [0.5, 0.6) is 0 Å². The molecular formula is C10H11N3O2. The van der Waals surface area contributed by atoms with Crippen molar-refractivity contribution < 1.29 is 9.90 Å². The number of aromatic carboxylic acids is 1. The van der Waals surface area contributed by atoms with Crippen LogP contribution >= 0.6 is 0 Å². The third kappa shape index (κ3) is 1.56. The number of pyridine rings is 1. The second-order valence-electron chi connectivity index (χ2n) is 3.69. The highest BCUT2D eigenvalue weighted by molar-refractivity contribution is 5.93. The third-order valence-corrected chi connectivity index (χ3v) is 2.23. The average molecular weight is 205 g/mol. The number of carbonyl (C=O) groups is 1. The zero-order valence-electron chi connectivity index (χ0n) is 8.48. The van der Waals surface area contributed by atoms with E-state index in [2.05, 4.69) is 15.2 Å². The number of nitrogens with zero attached hydrogens (tertiary/aromatic N) is 2. The van der Waals surface area contributed by atoms with Gasteiger partial charge in [-0.25, -0.2) is 9.78 Å². The Labute approximate surface area is 86.1 Å². The predicted molar refractivity (Wildman–Crippen MR) is 54.9 cm³/mol. The normalized spacial score (nSPS) is 11.1. The van der Waals surface area contributed by atoms with E-state index >= 15 is 0 Å². The number of nitrogens with one attached hydrogen (secondary N) is 1. The van der Waals surface area contributed by atoms with Gasteiger partial charge in [0.25, 0.3) is 0 Å². The van der Waals surface area contributed by atoms with Crippen molar-refractivity contribution in [2.24, 2.45) is 0 Å². The number of H-pyrrole nitrogens is 1. The molecule has 2 aromatic heterocycles. The van der Waals surface area contributed by atoms with Crippen LogP contribution in [0.4, 0.5) is 0 Å². The highest BCUT2D eigenvalue weighted by atomic mass is 16.4. The van der Waals surface area contributed by atoms with E-state index in [1.54, 1.807) is 12.3 Å². The molecule has 0 atom stereocenters. The Morgan fingerprint density at radius 2 is 2.27 bits per heavy atom. The first-order valence-electron chi connectivity index (χ1n) is 4.67. The number of carboxylic acids is 1. The van der Waals surface area contributed by atoms with Crippen LogP contribution in [0.3, 0.4) is 0 Å². The summed E-state index contributed by atoms with van der Waals surface area (Å²) in [5, 5.41) is 16.3. The van der Waals surface area contributed by atoms with E-state index in [1.807, 2.05) is 13.8 Å². The first-order chi connectivity index (χ1) is 7.09. The molecule has 0 saturated heterocycles. The van der Waals surface area contributed by atoms with Gasteiger partial charge in [-0.1, -0.05) is 13.8 Å². The average Bonchev–Trinajstić information content (AvgIpc) is 2.61. The van der Waals surface area contributed by atoms with Gasteiger partial charge in [0.15, 0.2) is 5.65 Å². The van der Waals surface area contributed by atoms with Gasteiger partial charge in [-0.2, -0.15) is 5.10 Å². The summed E-state index contributed by atoms with van der Waals surface area (Å²) in [6, 6.07) is 1.60. The quantitative estimate of drug-likeness (QED) is 0.783. The molecule has 2 heterocycles. The Hall–Kier alpha value is -1.91. The molecule has 2 rings (SSSR count). The van der Waals surface area contributed by atoms with Gasteiger partial charge in [0, 0.05) is 5.39 Å². The van der Waals surface area contributed by atoms with Crippen LogP contribution in [0.2, 0.25) is 0 Å². The maximum atomic E-state index is 11.0. The number of aromatic nitrogens is 3. The smallest absolute Gasteiger partial charge is 0.337 e. The fourth-order valence-electron chi connectivity index (χ4n) is 1.51. The second-order valence-corrected chi connectivity index (χ2v) is 3.69. The van der Waals surface area contributed by atoms with E-state index in [0.717, 1.165) is 5.39 Å². The molecule has 5 nitrogen and oxygen atoms in total. The topological polar surface area (TPSA) is 78.9 Å². The number of hydrogen-bond acceptors (Lipinski definition) is 3. The third-order valence-electron chi connectivity index (χ3n) is 2.23. The molecule has 0 unspecified atom stereocenters. The lowest BCUT2D eigenvalue weighted by Crippen LogP contribution is -2.06. The molecule has 0 saturated carbocycles. The van der Waals surface area contributed by atoms with Gasteiger partial charge in [-0.15, -0.1) is 0 Å². The predicted octanol–water partition coefficient (Wildman–Crippen LogP) is 1.78. The van der Waals surface area contributed by atoms with E-state index in [0.29, 0.717) is 11.3 Å². The minimum absolute atomic E-state index is 0.0730. The van der Waals surface area contributed by atoms with Crippen molar-refractivity contribution >= 4 is 17.0 Å². The molecule has 78 valence electrons. The Morgan fingerprint density at radius 3 is 2.87 bits per heavy atom. The summed E-state index contributed by atoms with van der Waals surface area (Å²) in [5.74, 6) is -0.877. The van der Waals surface area contributed by atoms with Gasteiger partial charge in [-0.05, 0) is 12.0 Å². The highest BCUT2D eigenvalue weighted by Gasteiger charge is 2.16. The molecule has 0 aromatic carbocycles. The largest absolute Gasteiger partial charge is 0.478 e. The summed E-state index contributed by atoms with van der Waals surface area (Å²) in [6.45, 7) is 3.83. The molecule has 5 heteroatoms. The first kappa shape index (κ1) is 9.64. The van der Waals surface area contributed by atoms with Gasteiger partial charge in [0.1, 0.15) is 0 Å². The zero-order valence-corrected chi connectivity index (χ0v) is 8.48. The molecule has 2 aromatic rings. The summed E-state index contributed by atoms with van der Waals surface area (Å²) in [5.41, 5.74) is 1.46. The van der Waals surface area contributed by atoms with Crippen LogP contribution in [-0.4, -0.2) is 26.3 Å². The molecule has 0 aliphatic rings. The maximum absolute atomic E-state index is 11.0. The Morgan fingerprint density at radius 1 is 1.53 bits per heavy atom. The summed E-state index contributed by atoms with van der Waals surface area (Å²) in [7, 11) is 0. The minimum atomic E-state index is -0.950. The van der Waals surface area contributed by atoms with E-state index < -0.39 is 5.97 Å². The Kier molecular flexibility index (Phi) is 2.15. The molecule has 0 aliphatic carbocycles. The van der Waals surface area contributed by atoms with Crippen LogP contribution in [0.15, 0.2) is 12.3 Å². The fourth-order valence-corrected chi connectivity index (χ4v) is 1.51. The molecule has 0 amide bonds.